The zero-order chi connectivity index (χ0) is 24.6. The lowest BCUT2D eigenvalue weighted by molar-refractivity contribution is -0.140. The van der Waals surface area contributed by atoms with E-state index in [2.05, 4.69) is 10.3 Å². The molecule has 0 radical (unpaired) electrons. The Morgan fingerprint density at radius 3 is 2.23 bits per heavy atom. The maximum atomic E-state index is 13.7. The summed E-state index contributed by atoms with van der Waals surface area (Å²) in [5.74, 6) is -0.646. The highest BCUT2D eigenvalue weighted by Gasteiger charge is 2.31. The second-order valence-electron chi connectivity index (χ2n) is 8.84. The summed E-state index contributed by atoms with van der Waals surface area (Å²) >= 11 is 0. The van der Waals surface area contributed by atoms with E-state index in [9.17, 15) is 9.59 Å². The Balaban J connectivity index is 1.56. The number of aromatic nitrogens is 1. The van der Waals surface area contributed by atoms with Crippen LogP contribution in [-0.4, -0.2) is 40.3 Å². The van der Waals surface area contributed by atoms with Crippen molar-refractivity contribution in [1.82, 2.24) is 15.2 Å². The zero-order valence-electron chi connectivity index (χ0n) is 20.0. The van der Waals surface area contributed by atoms with E-state index < -0.39 is 18.0 Å². The van der Waals surface area contributed by atoms with Gasteiger partial charge in [0.05, 0.1) is 6.04 Å². The van der Waals surface area contributed by atoms with E-state index >= 15 is 0 Å². The fourth-order valence-corrected chi connectivity index (χ4v) is 4.39. The van der Waals surface area contributed by atoms with Crippen LogP contribution in [0.3, 0.4) is 0 Å². The SMILES string of the molecule is CC(NCc1ccccc1)C(=O)N(CCc1ccccc1)C(Cc1c[nH]c2ccccc12)C(N)=O. The molecule has 2 unspecified atom stereocenters. The number of amides is 2. The van der Waals surface area contributed by atoms with Gasteiger partial charge in [-0.1, -0.05) is 78.9 Å². The monoisotopic (exact) mass is 468 g/mol. The Labute approximate surface area is 206 Å². The van der Waals surface area contributed by atoms with E-state index in [1.807, 2.05) is 98.0 Å². The van der Waals surface area contributed by atoms with Gasteiger partial charge >= 0.3 is 0 Å². The van der Waals surface area contributed by atoms with Crippen LogP contribution in [0.2, 0.25) is 0 Å². The quantitative estimate of drug-likeness (QED) is 0.313. The molecule has 4 aromatic rings. The summed E-state index contributed by atoms with van der Waals surface area (Å²) < 4.78 is 0. The van der Waals surface area contributed by atoms with Crippen molar-refractivity contribution in [3.8, 4) is 0 Å². The highest BCUT2D eigenvalue weighted by Crippen LogP contribution is 2.21. The van der Waals surface area contributed by atoms with Gasteiger partial charge in [-0.25, -0.2) is 0 Å². The molecule has 1 aromatic heterocycles. The smallest absolute Gasteiger partial charge is 0.240 e. The van der Waals surface area contributed by atoms with E-state index in [1.54, 1.807) is 4.90 Å². The number of nitrogens with one attached hydrogen (secondary N) is 2. The average Bonchev–Trinajstić information content (AvgIpc) is 3.30. The number of fused-ring (bicyclic) bond motifs is 1. The van der Waals surface area contributed by atoms with Crippen molar-refractivity contribution in [2.45, 2.75) is 38.4 Å². The molecule has 6 heteroatoms. The normalized spacial score (nSPS) is 12.8. The summed E-state index contributed by atoms with van der Waals surface area (Å²) in [5.41, 5.74) is 10.1. The topological polar surface area (TPSA) is 91.2 Å². The molecule has 2 amide bonds. The van der Waals surface area contributed by atoms with Gasteiger partial charge in [-0.3, -0.25) is 9.59 Å². The van der Waals surface area contributed by atoms with Crippen molar-refractivity contribution < 1.29 is 9.59 Å². The molecule has 3 aromatic carbocycles. The van der Waals surface area contributed by atoms with Gasteiger partial charge in [0.2, 0.25) is 11.8 Å². The van der Waals surface area contributed by atoms with Gasteiger partial charge < -0.3 is 20.9 Å². The molecule has 4 N–H and O–H groups in total. The fraction of sp³-hybridized carbons (Fsp3) is 0.241. The van der Waals surface area contributed by atoms with E-state index in [1.165, 1.54) is 0 Å². The van der Waals surface area contributed by atoms with Crippen LogP contribution in [0.5, 0.6) is 0 Å². The van der Waals surface area contributed by atoms with E-state index in [0.29, 0.717) is 25.9 Å². The minimum Gasteiger partial charge on any atom is -0.368 e. The maximum Gasteiger partial charge on any atom is 0.240 e. The number of nitrogens with two attached hydrogens (primary N) is 1. The van der Waals surface area contributed by atoms with Crippen LogP contribution in [0.4, 0.5) is 0 Å². The Hall–Kier alpha value is -3.90. The van der Waals surface area contributed by atoms with Gasteiger partial charge in [-0.2, -0.15) is 0 Å². The molecule has 0 bridgehead atoms. The Morgan fingerprint density at radius 2 is 1.54 bits per heavy atom. The van der Waals surface area contributed by atoms with Gasteiger partial charge in [0, 0.05) is 36.6 Å². The molecule has 0 aliphatic rings. The molecule has 0 aliphatic heterocycles. The number of aromatic amines is 1. The molecule has 2 atom stereocenters. The van der Waals surface area contributed by atoms with Crippen molar-refractivity contribution in [2.75, 3.05) is 6.54 Å². The molecule has 4 rings (SSSR count). The molecule has 0 spiro atoms. The first-order chi connectivity index (χ1) is 17.0. The molecule has 6 nitrogen and oxygen atoms in total. The van der Waals surface area contributed by atoms with E-state index in [-0.39, 0.29) is 5.91 Å². The fourth-order valence-electron chi connectivity index (χ4n) is 4.39. The molecular formula is C29H32N4O2. The van der Waals surface area contributed by atoms with Crippen molar-refractivity contribution in [1.29, 1.82) is 0 Å². The number of carbonyl (C=O) groups excluding carboxylic acids is 2. The minimum atomic E-state index is -0.758. The number of hydrogen-bond donors (Lipinski definition) is 3. The predicted molar refractivity (Wildman–Crippen MR) is 140 cm³/mol. The second-order valence-corrected chi connectivity index (χ2v) is 8.84. The van der Waals surface area contributed by atoms with Gasteiger partial charge in [0.1, 0.15) is 6.04 Å². The summed E-state index contributed by atoms with van der Waals surface area (Å²) in [6, 6.07) is 26.6. The van der Waals surface area contributed by atoms with Gasteiger partial charge in [-0.15, -0.1) is 0 Å². The number of carbonyl (C=O) groups is 2. The Morgan fingerprint density at radius 1 is 0.914 bits per heavy atom. The third kappa shape index (κ3) is 6.16. The number of hydrogen-bond acceptors (Lipinski definition) is 3. The van der Waals surface area contributed by atoms with Crippen LogP contribution in [0, 0.1) is 0 Å². The number of benzene rings is 3. The number of nitrogens with zero attached hydrogens (tertiary/aromatic N) is 1. The van der Waals surface area contributed by atoms with E-state index in [0.717, 1.165) is 27.6 Å². The van der Waals surface area contributed by atoms with Gasteiger partial charge in [-0.05, 0) is 36.1 Å². The largest absolute Gasteiger partial charge is 0.368 e. The van der Waals surface area contributed by atoms with Crippen LogP contribution in [0.1, 0.15) is 23.6 Å². The zero-order valence-corrected chi connectivity index (χ0v) is 20.0. The Kier molecular flexibility index (Phi) is 7.95. The number of rotatable bonds is 11. The minimum absolute atomic E-state index is 0.138. The summed E-state index contributed by atoms with van der Waals surface area (Å²) in [6.07, 6.45) is 2.89. The molecule has 0 saturated carbocycles. The van der Waals surface area contributed by atoms with Crippen LogP contribution in [0.25, 0.3) is 10.9 Å². The standard InChI is InChI=1S/C29H32N4O2/c1-21(31-19-23-12-6-3-7-13-23)29(35)33(17-16-22-10-4-2-5-11-22)27(28(30)34)18-24-20-32-26-15-9-8-14-25(24)26/h2-15,20-21,27,31-32H,16-19H2,1H3,(H2,30,34). The third-order valence-electron chi connectivity index (χ3n) is 6.39. The van der Waals surface area contributed by atoms with Crippen molar-refractivity contribution in [3.05, 3.63) is 108 Å². The molecule has 1 heterocycles. The van der Waals surface area contributed by atoms with Gasteiger partial charge in [0.25, 0.3) is 0 Å². The summed E-state index contributed by atoms with van der Waals surface area (Å²) in [6.45, 7) is 2.80. The number of para-hydroxylation sites is 1. The molecule has 0 fully saturated rings. The first kappa shape index (κ1) is 24.2. The number of H-pyrrole nitrogens is 1. The van der Waals surface area contributed by atoms with Crippen molar-refractivity contribution in [3.63, 3.8) is 0 Å². The molecule has 180 valence electrons. The lowest BCUT2D eigenvalue weighted by Gasteiger charge is -2.32. The molecular weight excluding hydrogens is 436 g/mol. The summed E-state index contributed by atoms with van der Waals surface area (Å²) in [7, 11) is 0. The van der Waals surface area contributed by atoms with Crippen LogP contribution >= 0.6 is 0 Å². The average molecular weight is 469 g/mol. The van der Waals surface area contributed by atoms with Crippen molar-refractivity contribution in [2.24, 2.45) is 5.73 Å². The van der Waals surface area contributed by atoms with Crippen LogP contribution in [-0.2, 0) is 29.0 Å². The third-order valence-corrected chi connectivity index (χ3v) is 6.39. The van der Waals surface area contributed by atoms with Crippen molar-refractivity contribution >= 4 is 22.7 Å². The van der Waals surface area contributed by atoms with Crippen LogP contribution in [0.15, 0.2) is 91.1 Å². The molecule has 0 aliphatic carbocycles. The van der Waals surface area contributed by atoms with Crippen LogP contribution < -0.4 is 11.1 Å². The highest BCUT2D eigenvalue weighted by molar-refractivity contribution is 5.90. The highest BCUT2D eigenvalue weighted by atomic mass is 16.2. The van der Waals surface area contributed by atoms with E-state index in [4.69, 9.17) is 5.73 Å². The molecule has 0 saturated heterocycles. The molecule has 35 heavy (non-hydrogen) atoms. The maximum absolute atomic E-state index is 13.7. The first-order valence-electron chi connectivity index (χ1n) is 12.0. The predicted octanol–water partition coefficient (Wildman–Crippen LogP) is 3.81. The lowest BCUT2D eigenvalue weighted by atomic mass is 10.0. The Bertz CT molecular complexity index is 1250. The second kappa shape index (κ2) is 11.5. The first-order valence-corrected chi connectivity index (χ1v) is 12.0. The summed E-state index contributed by atoms with van der Waals surface area (Å²) in [5, 5.41) is 4.34. The van der Waals surface area contributed by atoms with Gasteiger partial charge in [0.15, 0.2) is 0 Å². The lowest BCUT2D eigenvalue weighted by Crippen LogP contribution is -2.54. The number of primary amides is 1. The summed E-state index contributed by atoms with van der Waals surface area (Å²) in [4.78, 5) is 31.3.